The minimum absolute atomic E-state index is 0.0420. The topological polar surface area (TPSA) is 53.4 Å². The van der Waals surface area contributed by atoms with E-state index in [-0.39, 0.29) is 12.3 Å². The number of pyridine rings is 1. The molecule has 2 aromatic rings. The summed E-state index contributed by atoms with van der Waals surface area (Å²) in [6, 6.07) is 14.8. The van der Waals surface area contributed by atoms with Crippen molar-refractivity contribution in [1.29, 1.82) is 0 Å². The second kappa shape index (κ2) is 6.50. The third-order valence-electron chi connectivity index (χ3n) is 3.44. The number of benzene rings is 1. The Morgan fingerprint density at radius 1 is 1.19 bits per heavy atom. The predicted molar refractivity (Wildman–Crippen MR) is 81.3 cm³/mol. The van der Waals surface area contributed by atoms with Crippen LogP contribution >= 0.6 is 0 Å². The maximum Gasteiger partial charge on any atom is 0.225 e. The second-order valence-corrected chi connectivity index (χ2v) is 5.39. The molecule has 110 valence electrons. The number of carbonyl (C=O) groups excluding carboxylic acids is 1. The fraction of sp³-hybridized carbons (Fsp3) is 0.294. The van der Waals surface area contributed by atoms with E-state index in [2.05, 4.69) is 4.98 Å². The van der Waals surface area contributed by atoms with Gasteiger partial charge in [0.1, 0.15) is 0 Å². The van der Waals surface area contributed by atoms with E-state index in [0.29, 0.717) is 6.54 Å². The number of aliphatic hydroxyl groups is 1. The standard InChI is InChI=1S/C17H20N2O2/c1-17(21,14-8-4-3-5-9-14)12-16(20)19(2)13-15-10-6-7-11-18-15/h3-11,21H,12-13H2,1-2H3. The summed E-state index contributed by atoms with van der Waals surface area (Å²) in [7, 11) is 1.72. The predicted octanol–water partition coefficient (Wildman–Crippen LogP) is 2.34. The van der Waals surface area contributed by atoms with Crippen molar-refractivity contribution in [2.75, 3.05) is 7.05 Å². The molecule has 1 atom stereocenters. The van der Waals surface area contributed by atoms with E-state index >= 15 is 0 Å². The van der Waals surface area contributed by atoms with Gasteiger partial charge in [0.25, 0.3) is 0 Å². The van der Waals surface area contributed by atoms with Crippen LogP contribution in [0, 0.1) is 0 Å². The van der Waals surface area contributed by atoms with Crippen molar-refractivity contribution < 1.29 is 9.90 Å². The molecule has 21 heavy (non-hydrogen) atoms. The number of hydrogen-bond donors (Lipinski definition) is 1. The summed E-state index contributed by atoms with van der Waals surface area (Å²) >= 11 is 0. The normalized spacial score (nSPS) is 13.5. The smallest absolute Gasteiger partial charge is 0.225 e. The van der Waals surface area contributed by atoms with Gasteiger partial charge in [0.15, 0.2) is 0 Å². The highest BCUT2D eigenvalue weighted by Gasteiger charge is 2.28. The van der Waals surface area contributed by atoms with E-state index in [4.69, 9.17) is 0 Å². The Balaban J connectivity index is 2.00. The Bertz CT molecular complexity index is 582. The van der Waals surface area contributed by atoms with Crippen LogP contribution in [0.3, 0.4) is 0 Å². The third-order valence-corrected chi connectivity index (χ3v) is 3.44. The molecular weight excluding hydrogens is 264 g/mol. The van der Waals surface area contributed by atoms with Crippen molar-refractivity contribution in [3.63, 3.8) is 0 Å². The van der Waals surface area contributed by atoms with Gasteiger partial charge in [-0.15, -0.1) is 0 Å². The molecule has 0 fully saturated rings. The van der Waals surface area contributed by atoms with Gasteiger partial charge < -0.3 is 10.0 Å². The van der Waals surface area contributed by atoms with E-state index < -0.39 is 5.60 Å². The summed E-state index contributed by atoms with van der Waals surface area (Å²) in [6.07, 6.45) is 1.74. The summed E-state index contributed by atoms with van der Waals surface area (Å²) in [5.74, 6) is -0.116. The van der Waals surface area contributed by atoms with Gasteiger partial charge in [0.2, 0.25) is 5.91 Å². The van der Waals surface area contributed by atoms with Gasteiger partial charge in [-0.25, -0.2) is 0 Å². The number of aromatic nitrogens is 1. The van der Waals surface area contributed by atoms with Gasteiger partial charge in [-0.2, -0.15) is 0 Å². The molecule has 0 bridgehead atoms. The number of nitrogens with zero attached hydrogens (tertiary/aromatic N) is 2. The van der Waals surface area contributed by atoms with Gasteiger partial charge in [-0.3, -0.25) is 9.78 Å². The largest absolute Gasteiger partial charge is 0.385 e. The molecule has 0 spiro atoms. The van der Waals surface area contributed by atoms with Crippen molar-refractivity contribution >= 4 is 5.91 Å². The minimum Gasteiger partial charge on any atom is -0.385 e. The maximum absolute atomic E-state index is 12.3. The number of amides is 1. The average molecular weight is 284 g/mol. The van der Waals surface area contributed by atoms with Crippen molar-refractivity contribution in [1.82, 2.24) is 9.88 Å². The first-order valence-corrected chi connectivity index (χ1v) is 6.91. The van der Waals surface area contributed by atoms with Gasteiger partial charge in [-0.05, 0) is 24.6 Å². The van der Waals surface area contributed by atoms with Crippen molar-refractivity contribution in [3.05, 3.63) is 66.0 Å². The molecule has 1 heterocycles. The molecular formula is C17H20N2O2. The van der Waals surface area contributed by atoms with Crippen LogP contribution in [0.4, 0.5) is 0 Å². The Kier molecular flexibility index (Phi) is 4.70. The van der Waals surface area contributed by atoms with E-state index in [9.17, 15) is 9.90 Å². The Labute approximate surface area is 125 Å². The highest BCUT2D eigenvalue weighted by molar-refractivity contribution is 5.77. The fourth-order valence-corrected chi connectivity index (χ4v) is 2.15. The van der Waals surface area contributed by atoms with Crippen molar-refractivity contribution in [3.8, 4) is 0 Å². The molecule has 0 saturated carbocycles. The molecule has 1 amide bonds. The fourth-order valence-electron chi connectivity index (χ4n) is 2.15. The number of carbonyl (C=O) groups is 1. The zero-order valence-electron chi connectivity index (χ0n) is 12.4. The first kappa shape index (κ1) is 15.2. The molecule has 0 saturated heterocycles. The maximum atomic E-state index is 12.3. The Hall–Kier alpha value is -2.20. The highest BCUT2D eigenvalue weighted by atomic mass is 16.3. The lowest BCUT2D eigenvalue weighted by Crippen LogP contribution is -2.34. The zero-order valence-corrected chi connectivity index (χ0v) is 12.4. The molecule has 0 aliphatic heterocycles. The molecule has 0 radical (unpaired) electrons. The molecule has 4 nitrogen and oxygen atoms in total. The molecule has 1 aromatic heterocycles. The van der Waals surface area contributed by atoms with Crippen LogP contribution < -0.4 is 0 Å². The van der Waals surface area contributed by atoms with Crippen molar-refractivity contribution in [2.45, 2.75) is 25.5 Å². The van der Waals surface area contributed by atoms with Crippen LogP contribution in [0.15, 0.2) is 54.7 Å². The first-order chi connectivity index (χ1) is 9.99. The Morgan fingerprint density at radius 3 is 2.48 bits per heavy atom. The van der Waals surface area contributed by atoms with Crippen LogP contribution in [-0.2, 0) is 16.9 Å². The van der Waals surface area contributed by atoms with E-state index in [1.54, 1.807) is 25.1 Å². The second-order valence-electron chi connectivity index (χ2n) is 5.39. The van der Waals surface area contributed by atoms with Crippen LogP contribution in [0.2, 0.25) is 0 Å². The van der Waals surface area contributed by atoms with E-state index in [0.717, 1.165) is 11.3 Å². The molecule has 1 N–H and O–H groups in total. The average Bonchev–Trinajstić information content (AvgIpc) is 2.48. The lowest BCUT2D eigenvalue weighted by Gasteiger charge is -2.26. The summed E-state index contributed by atoms with van der Waals surface area (Å²) < 4.78 is 0. The van der Waals surface area contributed by atoms with Crippen LogP contribution in [0.5, 0.6) is 0 Å². The first-order valence-electron chi connectivity index (χ1n) is 6.91. The van der Waals surface area contributed by atoms with Gasteiger partial charge >= 0.3 is 0 Å². The molecule has 2 rings (SSSR count). The summed E-state index contributed by atoms with van der Waals surface area (Å²) in [5, 5.41) is 10.5. The lowest BCUT2D eigenvalue weighted by atomic mass is 9.92. The van der Waals surface area contributed by atoms with Crippen molar-refractivity contribution in [2.24, 2.45) is 0 Å². The molecule has 0 aliphatic carbocycles. The van der Waals surface area contributed by atoms with E-state index in [1.807, 2.05) is 48.5 Å². The summed E-state index contributed by atoms with van der Waals surface area (Å²) in [5.41, 5.74) is 0.397. The molecule has 1 unspecified atom stereocenters. The Morgan fingerprint density at radius 2 is 1.86 bits per heavy atom. The van der Waals surface area contributed by atoms with Gasteiger partial charge in [0.05, 0.1) is 24.3 Å². The lowest BCUT2D eigenvalue weighted by molar-refractivity contribution is -0.135. The monoisotopic (exact) mass is 284 g/mol. The number of rotatable bonds is 5. The van der Waals surface area contributed by atoms with Gasteiger partial charge in [0, 0.05) is 13.2 Å². The minimum atomic E-state index is -1.17. The van der Waals surface area contributed by atoms with Crippen LogP contribution in [0.1, 0.15) is 24.6 Å². The third kappa shape index (κ3) is 4.13. The zero-order chi connectivity index (χ0) is 15.3. The summed E-state index contributed by atoms with van der Waals surface area (Å²) in [4.78, 5) is 18.1. The quantitative estimate of drug-likeness (QED) is 0.917. The SMILES string of the molecule is CN(Cc1ccccn1)C(=O)CC(C)(O)c1ccccc1. The molecule has 0 aliphatic rings. The number of hydrogen-bond acceptors (Lipinski definition) is 3. The van der Waals surface area contributed by atoms with Crippen LogP contribution in [-0.4, -0.2) is 27.9 Å². The molecule has 1 aromatic carbocycles. The summed E-state index contributed by atoms with van der Waals surface area (Å²) in [6.45, 7) is 2.10. The van der Waals surface area contributed by atoms with Crippen LogP contribution in [0.25, 0.3) is 0 Å². The van der Waals surface area contributed by atoms with E-state index in [1.165, 1.54) is 0 Å². The van der Waals surface area contributed by atoms with Gasteiger partial charge in [-0.1, -0.05) is 36.4 Å². The highest BCUT2D eigenvalue weighted by Crippen LogP contribution is 2.25. The molecule has 4 heteroatoms.